The number of nitrogens with zero attached hydrogens (tertiary/aromatic N) is 2. The fourth-order valence-electron chi connectivity index (χ4n) is 1.90. The van der Waals surface area contributed by atoms with Crippen molar-refractivity contribution < 1.29 is 13.2 Å². The van der Waals surface area contributed by atoms with Crippen molar-refractivity contribution in [1.82, 2.24) is 14.5 Å². The minimum absolute atomic E-state index is 0.131. The average molecular weight is 281 g/mol. The first-order valence-electron chi connectivity index (χ1n) is 5.27. The third kappa shape index (κ3) is 1.82. The number of aromatic amines is 1. The van der Waals surface area contributed by atoms with Gasteiger partial charge in [0.1, 0.15) is 5.82 Å². The van der Waals surface area contributed by atoms with Crippen molar-refractivity contribution in [2.75, 3.05) is 0 Å². The Morgan fingerprint density at radius 1 is 1.21 bits per heavy atom. The Labute approximate surface area is 110 Å². The van der Waals surface area contributed by atoms with Gasteiger partial charge in [-0.3, -0.25) is 9.55 Å². The molecule has 1 aromatic carbocycles. The number of hydrogen-bond acceptors (Lipinski definition) is 2. The van der Waals surface area contributed by atoms with Crippen LogP contribution >= 0.6 is 12.2 Å². The van der Waals surface area contributed by atoms with E-state index < -0.39 is 17.5 Å². The summed E-state index contributed by atoms with van der Waals surface area (Å²) in [5, 5.41) is 0. The van der Waals surface area contributed by atoms with Crippen LogP contribution in [0, 0.1) is 22.2 Å². The molecule has 3 nitrogen and oxygen atoms in total. The Morgan fingerprint density at radius 3 is 2.79 bits per heavy atom. The number of imidazole rings is 1. The maximum absolute atomic E-state index is 13.8. The summed E-state index contributed by atoms with van der Waals surface area (Å²) in [5.74, 6) is -3.30. The van der Waals surface area contributed by atoms with Gasteiger partial charge in [0, 0.05) is 18.3 Å². The van der Waals surface area contributed by atoms with Gasteiger partial charge in [-0.1, -0.05) is 0 Å². The van der Waals surface area contributed by atoms with Crippen molar-refractivity contribution >= 4 is 23.3 Å². The number of pyridine rings is 1. The van der Waals surface area contributed by atoms with E-state index in [0.29, 0.717) is 17.1 Å². The van der Waals surface area contributed by atoms with Crippen molar-refractivity contribution in [1.29, 1.82) is 0 Å². The molecule has 0 radical (unpaired) electrons. The SMILES string of the molecule is Fc1cc(F)c(F)c(-n2c(=S)[nH]c3cnccc32)c1. The number of H-pyrrole nitrogens is 1. The van der Waals surface area contributed by atoms with Crippen LogP contribution in [0.4, 0.5) is 13.2 Å². The lowest BCUT2D eigenvalue weighted by atomic mass is 10.2. The highest BCUT2D eigenvalue weighted by atomic mass is 32.1. The van der Waals surface area contributed by atoms with E-state index in [1.165, 1.54) is 17.0 Å². The van der Waals surface area contributed by atoms with Gasteiger partial charge >= 0.3 is 0 Å². The smallest absolute Gasteiger partial charge is 0.183 e. The number of hydrogen-bond donors (Lipinski definition) is 1. The van der Waals surface area contributed by atoms with Crippen molar-refractivity contribution in [3.8, 4) is 5.69 Å². The molecule has 19 heavy (non-hydrogen) atoms. The van der Waals surface area contributed by atoms with E-state index in [4.69, 9.17) is 12.2 Å². The molecule has 1 N–H and O–H groups in total. The van der Waals surface area contributed by atoms with Crippen LogP contribution in [-0.4, -0.2) is 14.5 Å². The molecule has 2 heterocycles. The van der Waals surface area contributed by atoms with Gasteiger partial charge in [-0.2, -0.15) is 0 Å². The van der Waals surface area contributed by atoms with Crippen LogP contribution in [0.2, 0.25) is 0 Å². The Kier molecular flexibility index (Phi) is 2.63. The van der Waals surface area contributed by atoms with E-state index in [-0.39, 0.29) is 10.5 Å². The van der Waals surface area contributed by atoms with Gasteiger partial charge in [-0.15, -0.1) is 0 Å². The Bertz CT molecular complexity index is 838. The minimum Gasteiger partial charge on any atom is -0.329 e. The first-order chi connectivity index (χ1) is 9.08. The van der Waals surface area contributed by atoms with E-state index >= 15 is 0 Å². The fourth-order valence-corrected chi connectivity index (χ4v) is 2.21. The second-order valence-corrected chi connectivity index (χ2v) is 4.27. The summed E-state index contributed by atoms with van der Waals surface area (Å²) >= 11 is 5.05. The molecule has 0 amide bonds. The normalized spacial score (nSPS) is 11.1. The number of rotatable bonds is 1. The van der Waals surface area contributed by atoms with Gasteiger partial charge in [-0.25, -0.2) is 13.2 Å². The molecule has 96 valence electrons. The zero-order valence-electron chi connectivity index (χ0n) is 9.32. The van der Waals surface area contributed by atoms with E-state index in [1.807, 2.05) is 0 Å². The molecule has 0 saturated carbocycles. The fraction of sp³-hybridized carbons (Fsp3) is 0. The van der Waals surface area contributed by atoms with E-state index in [9.17, 15) is 13.2 Å². The zero-order valence-corrected chi connectivity index (χ0v) is 10.1. The summed E-state index contributed by atoms with van der Waals surface area (Å²) in [6, 6.07) is 2.95. The van der Waals surface area contributed by atoms with Gasteiger partial charge in [0.05, 0.1) is 22.9 Å². The lowest BCUT2D eigenvalue weighted by molar-refractivity contribution is 0.491. The highest BCUT2D eigenvalue weighted by molar-refractivity contribution is 7.71. The summed E-state index contributed by atoms with van der Waals surface area (Å²) in [4.78, 5) is 6.68. The molecule has 7 heteroatoms. The molecule has 0 aliphatic carbocycles. The average Bonchev–Trinajstić information content (AvgIpc) is 2.70. The number of halogens is 3. The van der Waals surface area contributed by atoms with E-state index in [0.717, 1.165) is 6.07 Å². The highest BCUT2D eigenvalue weighted by Gasteiger charge is 2.15. The van der Waals surface area contributed by atoms with Crippen molar-refractivity contribution in [2.45, 2.75) is 0 Å². The van der Waals surface area contributed by atoms with Crippen molar-refractivity contribution in [3.63, 3.8) is 0 Å². The van der Waals surface area contributed by atoms with Gasteiger partial charge < -0.3 is 4.98 Å². The topological polar surface area (TPSA) is 33.6 Å². The van der Waals surface area contributed by atoms with E-state index in [1.54, 1.807) is 6.07 Å². The highest BCUT2D eigenvalue weighted by Crippen LogP contribution is 2.23. The molecular formula is C12H6F3N3S. The zero-order chi connectivity index (χ0) is 13.6. The van der Waals surface area contributed by atoms with Crippen LogP contribution in [0.1, 0.15) is 0 Å². The molecule has 0 aliphatic heterocycles. The molecule has 0 aliphatic rings. The number of fused-ring (bicyclic) bond motifs is 1. The maximum Gasteiger partial charge on any atom is 0.183 e. The standard InChI is InChI=1S/C12H6F3N3S/c13-6-3-7(14)11(15)10(4-6)18-9-1-2-16-5-8(9)17-12(18)19/h1-5H,(H,17,19). The van der Waals surface area contributed by atoms with Crippen LogP contribution in [0.15, 0.2) is 30.6 Å². The molecule has 0 spiro atoms. The molecule has 0 atom stereocenters. The first kappa shape index (κ1) is 11.9. The Morgan fingerprint density at radius 2 is 2.00 bits per heavy atom. The monoisotopic (exact) mass is 281 g/mol. The summed E-state index contributed by atoms with van der Waals surface area (Å²) in [6.07, 6.45) is 2.98. The Hall–Kier alpha value is -2.15. The molecule has 0 unspecified atom stereocenters. The quantitative estimate of drug-likeness (QED) is 0.547. The van der Waals surface area contributed by atoms with Gasteiger partial charge in [0.25, 0.3) is 0 Å². The molecule has 3 aromatic rings. The lowest BCUT2D eigenvalue weighted by Crippen LogP contribution is -2.01. The van der Waals surface area contributed by atoms with Gasteiger partial charge in [-0.05, 0) is 18.3 Å². The number of benzene rings is 1. The minimum atomic E-state index is -1.26. The summed E-state index contributed by atoms with van der Waals surface area (Å²) in [5.41, 5.74) is 0.764. The number of nitrogens with one attached hydrogen (secondary N) is 1. The van der Waals surface area contributed by atoms with Crippen LogP contribution in [0.3, 0.4) is 0 Å². The third-order valence-electron chi connectivity index (χ3n) is 2.70. The molecule has 2 aromatic heterocycles. The summed E-state index contributed by atoms with van der Waals surface area (Å²) in [7, 11) is 0. The summed E-state index contributed by atoms with van der Waals surface area (Å²) < 4.78 is 41.7. The van der Waals surface area contributed by atoms with Crippen LogP contribution in [-0.2, 0) is 0 Å². The molecular weight excluding hydrogens is 275 g/mol. The predicted molar refractivity (Wildman–Crippen MR) is 66.1 cm³/mol. The third-order valence-corrected chi connectivity index (χ3v) is 2.98. The lowest BCUT2D eigenvalue weighted by Gasteiger charge is -2.06. The molecule has 0 fully saturated rings. The molecule has 0 bridgehead atoms. The van der Waals surface area contributed by atoms with Crippen LogP contribution < -0.4 is 0 Å². The van der Waals surface area contributed by atoms with Gasteiger partial charge in [0.2, 0.25) is 0 Å². The molecule has 3 rings (SSSR count). The van der Waals surface area contributed by atoms with Crippen LogP contribution in [0.5, 0.6) is 0 Å². The van der Waals surface area contributed by atoms with Crippen molar-refractivity contribution in [3.05, 3.63) is 52.8 Å². The number of aromatic nitrogens is 3. The van der Waals surface area contributed by atoms with E-state index in [2.05, 4.69) is 9.97 Å². The van der Waals surface area contributed by atoms with Gasteiger partial charge in [0.15, 0.2) is 16.4 Å². The second kappa shape index (κ2) is 4.20. The molecule has 0 saturated heterocycles. The largest absolute Gasteiger partial charge is 0.329 e. The second-order valence-electron chi connectivity index (χ2n) is 3.88. The Balaban J connectivity index is 2.43. The predicted octanol–water partition coefficient (Wildman–Crippen LogP) is 3.50. The summed E-state index contributed by atoms with van der Waals surface area (Å²) in [6.45, 7) is 0. The van der Waals surface area contributed by atoms with Crippen molar-refractivity contribution in [2.24, 2.45) is 0 Å². The van der Waals surface area contributed by atoms with Crippen LogP contribution in [0.25, 0.3) is 16.7 Å². The first-order valence-corrected chi connectivity index (χ1v) is 5.68. The maximum atomic E-state index is 13.8.